The van der Waals surface area contributed by atoms with Crippen molar-refractivity contribution < 1.29 is 14.3 Å². The van der Waals surface area contributed by atoms with Crippen LogP contribution in [0.4, 0.5) is 0 Å². The van der Waals surface area contributed by atoms with E-state index in [1.807, 2.05) is 6.08 Å². The molecule has 4 heteroatoms. The fourth-order valence-corrected chi connectivity index (χ4v) is 1.39. The van der Waals surface area contributed by atoms with E-state index in [2.05, 4.69) is 10.1 Å². The quantitative estimate of drug-likeness (QED) is 0.493. The molecule has 2 atom stereocenters. The monoisotopic (exact) mass is 183 g/mol. The van der Waals surface area contributed by atoms with Gasteiger partial charge in [-0.25, -0.2) is 0 Å². The van der Waals surface area contributed by atoms with E-state index in [1.54, 1.807) is 6.08 Å². The highest BCUT2D eigenvalue weighted by Gasteiger charge is 2.25. The van der Waals surface area contributed by atoms with E-state index in [0.29, 0.717) is 6.42 Å². The van der Waals surface area contributed by atoms with E-state index in [1.165, 1.54) is 14.0 Å². The third-order valence-electron chi connectivity index (χ3n) is 1.98. The number of carbonyl (C=O) groups excluding carboxylic acids is 2. The molecule has 0 saturated heterocycles. The lowest BCUT2D eigenvalue weighted by atomic mass is 10.1. The minimum Gasteiger partial charge on any atom is -0.469 e. The molecule has 1 aliphatic carbocycles. The zero-order valence-electron chi connectivity index (χ0n) is 7.74. The Hall–Kier alpha value is -1.32. The Morgan fingerprint density at radius 3 is 2.69 bits per heavy atom. The number of carbonyl (C=O) groups is 2. The maximum atomic E-state index is 11.1. The molecule has 13 heavy (non-hydrogen) atoms. The third-order valence-corrected chi connectivity index (χ3v) is 1.98. The molecule has 0 radical (unpaired) electrons. The van der Waals surface area contributed by atoms with Gasteiger partial charge in [0.2, 0.25) is 5.91 Å². The van der Waals surface area contributed by atoms with E-state index in [-0.39, 0.29) is 23.8 Å². The lowest BCUT2D eigenvalue weighted by molar-refractivity contribution is -0.143. The van der Waals surface area contributed by atoms with Crippen LogP contribution in [0.25, 0.3) is 0 Å². The smallest absolute Gasteiger partial charge is 0.312 e. The molecule has 1 amide bonds. The van der Waals surface area contributed by atoms with Gasteiger partial charge in [-0.15, -0.1) is 0 Å². The molecule has 1 rings (SSSR count). The van der Waals surface area contributed by atoms with Gasteiger partial charge in [0.1, 0.15) is 0 Å². The van der Waals surface area contributed by atoms with E-state index < -0.39 is 0 Å². The third kappa shape index (κ3) is 2.57. The Labute approximate surface area is 76.9 Å². The first-order valence-corrected chi connectivity index (χ1v) is 4.16. The number of ether oxygens (including phenoxy) is 1. The Kier molecular flexibility index (Phi) is 3.06. The summed E-state index contributed by atoms with van der Waals surface area (Å²) >= 11 is 0. The van der Waals surface area contributed by atoms with Gasteiger partial charge in [-0.2, -0.15) is 0 Å². The van der Waals surface area contributed by atoms with Crippen LogP contribution < -0.4 is 5.32 Å². The summed E-state index contributed by atoms with van der Waals surface area (Å²) in [4.78, 5) is 21.7. The molecule has 0 unspecified atom stereocenters. The molecule has 0 fully saturated rings. The van der Waals surface area contributed by atoms with Gasteiger partial charge in [-0.1, -0.05) is 12.2 Å². The lowest BCUT2D eigenvalue weighted by Crippen LogP contribution is -2.31. The van der Waals surface area contributed by atoms with Crippen LogP contribution in [0.1, 0.15) is 13.3 Å². The predicted octanol–water partition coefficient (Wildman–Crippen LogP) is 0.240. The molecule has 0 bridgehead atoms. The summed E-state index contributed by atoms with van der Waals surface area (Å²) in [5.74, 6) is -0.536. The second kappa shape index (κ2) is 4.07. The van der Waals surface area contributed by atoms with E-state index in [4.69, 9.17) is 0 Å². The molecule has 0 aromatic rings. The van der Waals surface area contributed by atoms with Crippen LogP contribution in [0.5, 0.6) is 0 Å². The molecule has 0 aromatic carbocycles. The van der Waals surface area contributed by atoms with E-state index >= 15 is 0 Å². The Bertz CT molecular complexity index is 247. The summed E-state index contributed by atoms with van der Waals surface area (Å²) in [7, 11) is 1.36. The fourth-order valence-electron chi connectivity index (χ4n) is 1.39. The normalized spacial score (nSPS) is 25.7. The van der Waals surface area contributed by atoms with Gasteiger partial charge in [0, 0.05) is 13.0 Å². The highest BCUT2D eigenvalue weighted by Crippen LogP contribution is 2.18. The van der Waals surface area contributed by atoms with Crippen molar-refractivity contribution >= 4 is 11.9 Å². The van der Waals surface area contributed by atoms with Crippen LogP contribution in [0.3, 0.4) is 0 Å². The zero-order chi connectivity index (χ0) is 9.84. The Morgan fingerprint density at radius 1 is 1.46 bits per heavy atom. The highest BCUT2D eigenvalue weighted by molar-refractivity contribution is 5.76. The van der Waals surface area contributed by atoms with Gasteiger partial charge in [0.05, 0.1) is 13.0 Å². The van der Waals surface area contributed by atoms with Crippen molar-refractivity contribution in [1.82, 2.24) is 5.32 Å². The number of esters is 1. The van der Waals surface area contributed by atoms with Crippen molar-refractivity contribution in [2.24, 2.45) is 5.92 Å². The van der Waals surface area contributed by atoms with Gasteiger partial charge >= 0.3 is 5.97 Å². The maximum Gasteiger partial charge on any atom is 0.312 e. The molecule has 0 spiro atoms. The number of rotatable bonds is 2. The number of nitrogens with one attached hydrogen (secondary N) is 1. The second-order valence-electron chi connectivity index (χ2n) is 3.06. The Morgan fingerprint density at radius 2 is 2.15 bits per heavy atom. The SMILES string of the molecule is COC(=O)[C@H]1C=C[C@H](NC(C)=O)C1. The van der Waals surface area contributed by atoms with Crippen LogP contribution in [0.15, 0.2) is 12.2 Å². The maximum absolute atomic E-state index is 11.1. The molecule has 1 N–H and O–H groups in total. The fraction of sp³-hybridized carbons (Fsp3) is 0.556. The first-order valence-electron chi connectivity index (χ1n) is 4.16. The van der Waals surface area contributed by atoms with Crippen molar-refractivity contribution in [3.05, 3.63) is 12.2 Å². The summed E-state index contributed by atoms with van der Waals surface area (Å²) in [5, 5.41) is 2.72. The standard InChI is InChI=1S/C9H13NO3/c1-6(11)10-8-4-3-7(5-8)9(12)13-2/h3-4,7-8H,5H2,1-2H3,(H,10,11)/t7-,8-/m0/s1. The zero-order valence-corrected chi connectivity index (χ0v) is 7.74. The molecule has 1 aliphatic rings. The molecule has 0 aromatic heterocycles. The van der Waals surface area contributed by atoms with Gasteiger partial charge < -0.3 is 10.1 Å². The van der Waals surface area contributed by atoms with Crippen LogP contribution in [-0.2, 0) is 14.3 Å². The van der Waals surface area contributed by atoms with Gasteiger partial charge in [-0.3, -0.25) is 9.59 Å². The Balaban J connectivity index is 2.42. The van der Waals surface area contributed by atoms with Crippen molar-refractivity contribution in [1.29, 1.82) is 0 Å². The molecular formula is C9H13NO3. The van der Waals surface area contributed by atoms with Crippen molar-refractivity contribution in [3.8, 4) is 0 Å². The summed E-state index contributed by atoms with van der Waals surface area (Å²) in [6.07, 6.45) is 4.20. The predicted molar refractivity (Wildman–Crippen MR) is 46.9 cm³/mol. The topological polar surface area (TPSA) is 55.4 Å². The first kappa shape index (κ1) is 9.77. The minimum atomic E-state index is -0.246. The second-order valence-corrected chi connectivity index (χ2v) is 3.06. The van der Waals surface area contributed by atoms with Gasteiger partial charge in [0.15, 0.2) is 0 Å². The number of hydrogen-bond donors (Lipinski definition) is 1. The van der Waals surface area contributed by atoms with Gasteiger partial charge in [-0.05, 0) is 6.42 Å². The number of methoxy groups -OCH3 is 1. The number of amides is 1. The molecular weight excluding hydrogens is 170 g/mol. The summed E-state index contributed by atoms with van der Waals surface area (Å²) in [5.41, 5.74) is 0. The lowest BCUT2D eigenvalue weighted by Gasteiger charge is -2.10. The summed E-state index contributed by atoms with van der Waals surface area (Å²) in [6, 6.07) is -0.0263. The minimum absolute atomic E-state index is 0.0263. The molecule has 0 heterocycles. The van der Waals surface area contributed by atoms with Gasteiger partial charge in [0.25, 0.3) is 0 Å². The largest absolute Gasteiger partial charge is 0.469 e. The van der Waals surface area contributed by atoms with E-state index in [9.17, 15) is 9.59 Å². The summed E-state index contributed by atoms with van der Waals surface area (Å²) < 4.78 is 4.58. The molecule has 72 valence electrons. The molecule has 0 aliphatic heterocycles. The molecule has 4 nitrogen and oxygen atoms in total. The average molecular weight is 183 g/mol. The summed E-state index contributed by atoms with van der Waals surface area (Å²) in [6.45, 7) is 1.46. The number of hydrogen-bond acceptors (Lipinski definition) is 3. The van der Waals surface area contributed by atoms with Crippen LogP contribution in [0.2, 0.25) is 0 Å². The average Bonchev–Trinajstić information content (AvgIpc) is 2.50. The van der Waals surface area contributed by atoms with Crippen molar-refractivity contribution in [2.75, 3.05) is 7.11 Å². The van der Waals surface area contributed by atoms with Crippen LogP contribution in [-0.4, -0.2) is 25.0 Å². The first-order chi connectivity index (χ1) is 6.13. The highest BCUT2D eigenvalue weighted by atomic mass is 16.5. The van der Waals surface area contributed by atoms with Crippen molar-refractivity contribution in [3.63, 3.8) is 0 Å². The van der Waals surface area contributed by atoms with Crippen LogP contribution in [0, 0.1) is 5.92 Å². The molecule has 0 saturated carbocycles. The van der Waals surface area contributed by atoms with Crippen LogP contribution >= 0.6 is 0 Å². The van der Waals surface area contributed by atoms with E-state index in [0.717, 1.165) is 0 Å². The van der Waals surface area contributed by atoms with Crippen molar-refractivity contribution in [2.45, 2.75) is 19.4 Å².